The minimum absolute atomic E-state index is 0.183. The van der Waals surface area contributed by atoms with Gasteiger partial charge < -0.3 is 14.4 Å². The summed E-state index contributed by atoms with van der Waals surface area (Å²) in [6.45, 7) is 6.44. The van der Waals surface area contributed by atoms with Gasteiger partial charge in [-0.05, 0) is 57.4 Å². The number of ether oxygens (including phenoxy) is 1. The fraction of sp³-hybridized carbons (Fsp3) is 0.500. The van der Waals surface area contributed by atoms with Gasteiger partial charge in [0.25, 0.3) is 0 Å². The first-order chi connectivity index (χ1) is 9.04. The summed E-state index contributed by atoms with van der Waals surface area (Å²) in [5.41, 5.74) is 3.81. The standard InChI is InChI=1S/C16H23NO2/c1-11(2)19-13-7-8-16-15(10-13)14(6-5-9-18)12(3)17(16)4/h7-8,10-11,18H,5-6,9H2,1-4H3. The van der Waals surface area contributed by atoms with Crippen molar-refractivity contribution in [1.29, 1.82) is 0 Å². The molecule has 0 bridgehead atoms. The van der Waals surface area contributed by atoms with Crippen LogP contribution in [0.4, 0.5) is 0 Å². The van der Waals surface area contributed by atoms with E-state index in [9.17, 15) is 0 Å². The number of hydrogen-bond acceptors (Lipinski definition) is 2. The number of aryl methyl sites for hydroxylation is 2. The number of nitrogens with zero attached hydrogens (tertiary/aromatic N) is 1. The maximum atomic E-state index is 9.04. The highest BCUT2D eigenvalue weighted by atomic mass is 16.5. The summed E-state index contributed by atoms with van der Waals surface area (Å²) >= 11 is 0. The zero-order chi connectivity index (χ0) is 14.0. The number of aromatic nitrogens is 1. The summed E-state index contributed by atoms with van der Waals surface area (Å²) in [6, 6.07) is 6.26. The van der Waals surface area contributed by atoms with Gasteiger partial charge >= 0.3 is 0 Å². The zero-order valence-corrected chi connectivity index (χ0v) is 12.2. The van der Waals surface area contributed by atoms with E-state index in [1.54, 1.807) is 0 Å². The number of aliphatic hydroxyl groups excluding tert-OH is 1. The van der Waals surface area contributed by atoms with Crippen molar-refractivity contribution >= 4 is 10.9 Å². The molecule has 19 heavy (non-hydrogen) atoms. The third-order valence-corrected chi connectivity index (χ3v) is 3.55. The fourth-order valence-corrected chi connectivity index (χ4v) is 2.54. The molecule has 104 valence electrons. The summed E-state index contributed by atoms with van der Waals surface area (Å²) in [7, 11) is 2.09. The van der Waals surface area contributed by atoms with Gasteiger partial charge in [0.1, 0.15) is 5.75 Å². The second-order valence-corrected chi connectivity index (χ2v) is 5.30. The van der Waals surface area contributed by atoms with Gasteiger partial charge in [-0.1, -0.05) is 0 Å². The topological polar surface area (TPSA) is 34.4 Å². The molecule has 2 aromatic rings. The van der Waals surface area contributed by atoms with Gasteiger partial charge in [0.05, 0.1) is 6.10 Å². The lowest BCUT2D eigenvalue weighted by Crippen LogP contribution is -2.05. The lowest BCUT2D eigenvalue weighted by atomic mass is 10.1. The predicted molar refractivity (Wildman–Crippen MR) is 78.8 cm³/mol. The van der Waals surface area contributed by atoms with Crippen LogP contribution in [0.1, 0.15) is 31.5 Å². The SMILES string of the molecule is Cc1c(CCCO)c2cc(OC(C)C)ccc2n1C. The van der Waals surface area contributed by atoms with Crippen LogP contribution in [0.2, 0.25) is 0 Å². The summed E-state index contributed by atoms with van der Waals surface area (Å²) in [4.78, 5) is 0. The Hall–Kier alpha value is -1.48. The Morgan fingerprint density at radius 1 is 1.32 bits per heavy atom. The molecule has 2 rings (SSSR count). The number of benzene rings is 1. The largest absolute Gasteiger partial charge is 0.491 e. The first kappa shape index (κ1) is 13.9. The lowest BCUT2D eigenvalue weighted by molar-refractivity contribution is 0.243. The predicted octanol–water partition coefficient (Wildman–Crippen LogP) is 3.20. The first-order valence-electron chi connectivity index (χ1n) is 6.90. The third kappa shape index (κ3) is 2.76. The Morgan fingerprint density at radius 3 is 2.68 bits per heavy atom. The molecule has 0 unspecified atom stereocenters. The van der Waals surface area contributed by atoms with Crippen molar-refractivity contribution in [1.82, 2.24) is 4.57 Å². The van der Waals surface area contributed by atoms with Gasteiger partial charge in [0.15, 0.2) is 0 Å². The van der Waals surface area contributed by atoms with Gasteiger partial charge in [0, 0.05) is 30.3 Å². The van der Waals surface area contributed by atoms with Crippen molar-refractivity contribution in [2.24, 2.45) is 7.05 Å². The molecular weight excluding hydrogens is 238 g/mol. The Morgan fingerprint density at radius 2 is 2.05 bits per heavy atom. The number of rotatable bonds is 5. The maximum absolute atomic E-state index is 9.04. The van der Waals surface area contributed by atoms with E-state index in [0.717, 1.165) is 18.6 Å². The second-order valence-electron chi connectivity index (χ2n) is 5.30. The van der Waals surface area contributed by atoms with Crippen molar-refractivity contribution in [3.05, 3.63) is 29.5 Å². The molecule has 0 atom stereocenters. The van der Waals surface area contributed by atoms with Crippen molar-refractivity contribution < 1.29 is 9.84 Å². The van der Waals surface area contributed by atoms with Crippen LogP contribution in [-0.4, -0.2) is 22.4 Å². The molecular formula is C16H23NO2. The van der Waals surface area contributed by atoms with Gasteiger partial charge in [-0.25, -0.2) is 0 Å². The minimum atomic E-state index is 0.183. The maximum Gasteiger partial charge on any atom is 0.120 e. The summed E-state index contributed by atoms with van der Waals surface area (Å²) in [5.74, 6) is 0.915. The van der Waals surface area contributed by atoms with E-state index in [0.29, 0.717) is 0 Å². The molecule has 1 aromatic carbocycles. The number of aliphatic hydroxyl groups is 1. The zero-order valence-electron chi connectivity index (χ0n) is 12.2. The highest BCUT2D eigenvalue weighted by Gasteiger charge is 2.12. The third-order valence-electron chi connectivity index (χ3n) is 3.55. The summed E-state index contributed by atoms with van der Waals surface area (Å²) in [5, 5.41) is 10.3. The molecule has 0 radical (unpaired) electrons. The summed E-state index contributed by atoms with van der Waals surface area (Å²) in [6.07, 6.45) is 1.89. The molecule has 1 heterocycles. The molecule has 1 N–H and O–H groups in total. The number of hydrogen-bond donors (Lipinski definition) is 1. The van der Waals surface area contributed by atoms with Crippen LogP contribution < -0.4 is 4.74 Å². The normalized spacial score (nSPS) is 11.5. The van der Waals surface area contributed by atoms with Gasteiger partial charge in [0.2, 0.25) is 0 Å². The molecule has 0 saturated heterocycles. The Labute approximate surface area is 114 Å². The van der Waals surface area contributed by atoms with E-state index in [2.05, 4.69) is 30.7 Å². The van der Waals surface area contributed by atoms with Gasteiger partial charge in [-0.2, -0.15) is 0 Å². The van der Waals surface area contributed by atoms with Crippen molar-refractivity contribution in [2.45, 2.75) is 39.7 Å². The quantitative estimate of drug-likeness (QED) is 0.897. The van der Waals surface area contributed by atoms with E-state index >= 15 is 0 Å². The van der Waals surface area contributed by atoms with Gasteiger partial charge in [-0.3, -0.25) is 0 Å². The average Bonchev–Trinajstić information content (AvgIpc) is 2.59. The highest BCUT2D eigenvalue weighted by molar-refractivity contribution is 5.86. The van der Waals surface area contributed by atoms with Crippen LogP contribution in [0.3, 0.4) is 0 Å². The fourth-order valence-electron chi connectivity index (χ4n) is 2.54. The summed E-state index contributed by atoms with van der Waals surface area (Å²) < 4.78 is 7.98. The van der Waals surface area contributed by atoms with Crippen LogP contribution in [0.15, 0.2) is 18.2 Å². The molecule has 0 amide bonds. The highest BCUT2D eigenvalue weighted by Crippen LogP contribution is 2.29. The molecule has 0 saturated carbocycles. The Balaban J connectivity index is 2.49. The average molecular weight is 261 g/mol. The molecule has 0 spiro atoms. The molecule has 0 aliphatic rings. The second kappa shape index (κ2) is 5.66. The van der Waals surface area contributed by atoms with Crippen LogP contribution in [-0.2, 0) is 13.5 Å². The molecule has 0 aliphatic carbocycles. The van der Waals surface area contributed by atoms with E-state index in [-0.39, 0.29) is 12.7 Å². The van der Waals surface area contributed by atoms with Crippen molar-refractivity contribution in [3.8, 4) is 5.75 Å². The molecule has 0 fully saturated rings. The van der Waals surface area contributed by atoms with Crippen molar-refractivity contribution in [2.75, 3.05) is 6.61 Å². The first-order valence-corrected chi connectivity index (χ1v) is 6.90. The Kier molecular flexibility index (Phi) is 4.15. The monoisotopic (exact) mass is 261 g/mol. The van der Waals surface area contributed by atoms with Crippen LogP contribution in [0.25, 0.3) is 10.9 Å². The van der Waals surface area contributed by atoms with E-state index in [1.807, 2.05) is 19.9 Å². The number of fused-ring (bicyclic) bond motifs is 1. The molecule has 0 aliphatic heterocycles. The van der Waals surface area contributed by atoms with E-state index < -0.39 is 0 Å². The van der Waals surface area contributed by atoms with Crippen LogP contribution in [0.5, 0.6) is 5.75 Å². The van der Waals surface area contributed by atoms with E-state index in [4.69, 9.17) is 9.84 Å². The molecule has 3 heteroatoms. The van der Waals surface area contributed by atoms with Crippen LogP contribution in [0, 0.1) is 6.92 Å². The van der Waals surface area contributed by atoms with Gasteiger partial charge in [-0.15, -0.1) is 0 Å². The smallest absolute Gasteiger partial charge is 0.120 e. The van der Waals surface area contributed by atoms with Crippen molar-refractivity contribution in [3.63, 3.8) is 0 Å². The lowest BCUT2D eigenvalue weighted by Gasteiger charge is -2.10. The van der Waals surface area contributed by atoms with Crippen LogP contribution >= 0.6 is 0 Å². The molecule has 1 aromatic heterocycles. The van der Waals surface area contributed by atoms with E-state index in [1.165, 1.54) is 22.2 Å². The Bertz CT molecular complexity index is 570. The minimum Gasteiger partial charge on any atom is -0.491 e. The molecule has 3 nitrogen and oxygen atoms in total.